The van der Waals surface area contributed by atoms with Crippen molar-refractivity contribution < 1.29 is 19.0 Å². The van der Waals surface area contributed by atoms with Crippen molar-refractivity contribution in [3.8, 4) is 5.75 Å². The number of hydrogen-bond donors (Lipinski definition) is 2. The van der Waals surface area contributed by atoms with E-state index in [0.717, 1.165) is 11.6 Å². The largest absolute Gasteiger partial charge is 0.507 e. The van der Waals surface area contributed by atoms with Crippen molar-refractivity contribution in [2.24, 2.45) is 0 Å². The van der Waals surface area contributed by atoms with Crippen molar-refractivity contribution in [3.05, 3.63) is 57.8 Å². The lowest BCUT2D eigenvalue weighted by molar-refractivity contribution is 0.0601. The highest BCUT2D eigenvalue weighted by atomic mass is 79.9. The van der Waals surface area contributed by atoms with Crippen LogP contribution in [0.1, 0.15) is 15.9 Å². The highest BCUT2D eigenvalue weighted by Crippen LogP contribution is 2.25. The van der Waals surface area contributed by atoms with Crippen molar-refractivity contribution in [3.63, 3.8) is 0 Å². The van der Waals surface area contributed by atoms with Crippen LogP contribution in [-0.2, 0) is 11.3 Å². The molecule has 2 aromatic carbocycles. The molecule has 2 N–H and O–H groups in total. The highest BCUT2D eigenvalue weighted by Gasteiger charge is 2.13. The molecule has 21 heavy (non-hydrogen) atoms. The lowest BCUT2D eigenvalue weighted by atomic mass is 10.1. The predicted octanol–water partition coefficient (Wildman–Crippen LogP) is 3.69. The van der Waals surface area contributed by atoms with Gasteiger partial charge in [-0.05, 0) is 51.8 Å². The minimum Gasteiger partial charge on any atom is -0.507 e. The van der Waals surface area contributed by atoms with E-state index >= 15 is 0 Å². The maximum absolute atomic E-state index is 13.2. The Kier molecular flexibility index (Phi) is 4.80. The summed E-state index contributed by atoms with van der Waals surface area (Å²) in [6.07, 6.45) is 0. The number of esters is 1. The van der Waals surface area contributed by atoms with Crippen LogP contribution < -0.4 is 5.32 Å². The Labute approximate surface area is 129 Å². The van der Waals surface area contributed by atoms with Gasteiger partial charge in [0.15, 0.2) is 0 Å². The van der Waals surface area contributed by atoms with Crippen LogP contribution in [0.5, 0.6) is 5.75 Å². The second-order valence-corrected chi connectivity index (χ2v) is 5.18. The predicted molar refractivity (Wildman–Crippen MR) is 80.9 cm³/mol. The number of ether oxygens (including phenoxy) is 1. The Morgan fingerprint density at radius 2 is 2.10 bits per heavy atom. The van der Waals surface area contributed by atoms with Gasteiger partial charge in [-0.2, -0.15) is 0 Å². The summed E-state index contributed by atoms with van der Waals surface area (Å²) < 4.78 is 18.4. The third-order valence-corrected chi connectivity index (χ3v) is 3.52. The molecule has 0 aliphatic heterocycles. The quantitative estimate of drug-likeness (QED) is 0.823. The average Bonchev–Trinajstić information content (AvgIpc) is 2.48. The summed E-state index contributed by atoms with van der Waals surface area (Å²) in [5.41, 5.74) is 1.50. The fourth-order valence-electron chi connectivity index (χ4n) is 1.81. The number of halogens is 2. The third kappa shape index (κ3) is 3.72. The van der Waals surface area contributed by atoms with Gasteiger partial charge >= 0.3 is 5.97 Å². The molecular weight excluding hydrogens is 341 g/mol. The van der Waals surface area contributed by atoms with Crippen LogP contribution in [0, 0.1) is 5.82 Å². The van der Waals surface area contributed by atoms with Gasteiger partial charge in [0.05, 0.1) is 17.1 Å². The minimum atomic E-state index is -0.608. The number of phenols is 1. The number of aromatic hydroxyl groups is 1. The number of hydrogen-bond acceptors (Lipinski definition) is 4. The zero-order valence-corrected chi connectivity index (χ0v) is 12.8. The van der Waals surface area contributed by atoms with E-state index in [4.69, 9.17) is 0 Å². The number of phenolic OH excluding ortho intramolecular Hbond substituents is 1. The van der Waals surface area contributed by atoms with Crippen LogP contribution >= 0.6 is 15.9 Å². The Morgan fingerprint density at radius 3 is 2.76 bits per heavy atom. The molecule has 0 fully saturated rings. The molecule has 0 unspecified atom stereocenters. The Hall–Kier alpha value is -2.08. The van der Waals surface area contributed by atoms with E-state index in [-0.39, 0.29) is 11.3 Å². The summed E-state index contributed by atoms with van der Waals surface area (Å²) in [6, 6.07) is 8.94. The van der Waals surface area contributed by atoms with Crippen molar-refractivity contribution in [2.45, 2.75) is 6.54 Å². The number of benzene rings is 2. The van der Waals surface area contributed by atoms with Crippen LogP contribution in [0.15, 0.2) is 40.9 Å². The molecule has 2 aromatic rings. The van der Waals surface area contributed by atoms with Gasteiger partial charge in [-0.15, -0.1) is 0 Å². The van der Waals surface area contributed by atoms with Crippen molar-refractivity contribution in [2.75, 3.05) is 12.4 Å². The molecule has 0 saturated heterocycles. The molecule has 0 aliphatic rings. The smallest absolute Gasteiger partial charge is 0.340 e. The van der Waals surface area contributed by atoms with Crippen molar-refractivity contribution in [1.29, 1.82) is 0 Å². The minimum absolute atomic E-state index is 0.135. The molecular formula is C15H13BrFNO3. The average molecular weight is 354 g/mol. The van der Waals surface area contributed by atoms with Crippen LogP contribution in [-0.4, -0.2) is 18.2 Å². The zero-order valence-electron chi connectivity index (χ0n) is 11.2. The van der Waals surface area contributed by atoms with E-state index < -0.39 is 11.8 Å². The van der Waals surface area contributed by atoms with Crippen LogP contribution in [0.2, 0.25) is 0 Å². The van der Waals surface area contributed by atoms with Gasteiger partial charge in [0, 0.05) is 12.2 Å². The topological polar surface area (TPSA) is 58.6 Å². The van der Waals surface area contributed by atoms with Gasteiger partial charge in [0.2, 0.25) is 0 Å². The number of anilines is 1. The molecule has 0 amide bonds. The highest BCUT2D eigenvalue weighted by molar-refractivity contribution is 9.10. The Bertz CT molecular complexity index is 676. The van der Waals surface area contributed by atoms with Gasteiger partial charge in [-0.3, -0.25) is 0 Å². The van der Waals surface area contributed by atoms with Crippen LogP contribution in [0.4, 0.5) is 10.1 Å². The first kappa shape index (κ1) is 15.3. The molecule has 0 heterocycles. The summed E-state index contributed by atoms with van der Waals surface area (Å²) in [4.78, 5) is 11.6. The molecule has 110 valence electrons. The molecule has 0 bridgehead atoms. The molecule has 0 atom stereocenters. The molecule has 0 saturated carbocycles. The normalized spacial score (nSPS) is 10.2. The Balaban J connectivity index is 2.19. The fraction of sp³-hybridized carbons (Fsp3) is 0.133. The standard InChI is InChI=1S/C15H13BrFNO3/c1-21-15(20)11-7-10(17)3-4-13(11)18-8-9-2-5-14(19)12(16)6-9/h2-7,18-19H,8H2,1H3. The van der Waals surface area contributed by atoms with Gasteiger partial charge < -0.3 is 15.2 Å². The monoisotopic (exact) mass is 353 g/mol. The lowest BCUT2D eigenvalue weighted by Crippen LogP contribution is -2.08. The first-order chi connectivity index (χ1) is 10.0. The number of carbonyl (C=O) groups excluding carboxylic acids is 1. The number of carbonyl (C=O) groups is 1. The molecule has 4 nitrogen and oxygen atoms in total. The first-order valence-electron chi connectivity index (χ1n) is 6.10. The second kappa shape index (κ2) is 6.58. The van der Waals surface area contributed by atoms with Crippen LogP contribution in [0.3, 0.4) is 0 Å². The zero-order chi connectivity index (χ0) is 15.4. The van der Waals surface area contributed by atoms with E-state index in [9.17, 15) is 14.3 Å². The molecule has 0 spiro atoms. The number of methoxy groups -OCH3 is 1. The SMILES string of the molecule is COC(=O)c1cc(F)ccc1NCc1ccc(O)c(Br)c1. The lowest BCUT2D eigenvalue weighted by Gasteiger charge is -2.11. The van der Waals surface area contributed by atoms with E-state index in [0.29, 0.717) is 16.7 Å². The maximum atomic E-state index is 13.2. The number of nitrogens with one attached hydrogen (secondary N) is 1. The molecule has 6 heteroatoms. The summed E-state index contributed by atoms with van der Waals surface area (Å²) in [5.74, 6) is -0.965. The molecule has 0 aromatic heterocycles. The van der Waals surface area contributed by atoms with E-state index in [2.05, 4.69) is 26.0 Å². The van der Waals surface area contributed by atoms with Gasteiger partial charge in [0.1, 0.15) is 11.6 Å². The molecule has 2 rings (SSSR count). The fourth-order valence-corrected chi connectivity index (χ4v) is 2.23. The molecule has 0 aliphatic carbocycles. The van der Waals surface area contributed by atoms with E-state index in [1.807, 2.05) is 0 Å². The maximum Gasteiger partial charge on any atom is 0.340 e. The first-order valence-corrected chi connectivity index (χ1v) is 6.89. The third-order valence-electron chi connectivity index (χ3n) is 2.88. The summed E-state index contributed by atoms with van der Waals surface area (Å²) in [5, 5.41) is 12.5. The van der Waals surface area contributed by atoms with Gasteiger partial charge in [0.25, 0.3) is 0 Å². The molecule has 0 radical (unpaired) electrons. The summed E-state index contributed by atoms with van der Waals surface area (Å²) in [7, 11) is 1.24. The summed E-state index contributed by atoms with van der Waals surface area (Å²) >= 11 is 3.23. The van der Waals surface area contributed by atoms with E-state index in [1.165, 1.54) is 19.2 Å². The summed E-state index contributed by atoms with van der Waals surface area (Å²) in [6.45, 7) is 0.411. The van der Waals surface area contributed by atoms with Crippen LogP contribution in [0.25, 0.3) is 0 Å². The second-order valence-electron chi connectivity index (χ2n) is 4.32. The Morgan fingerprint density at radius 1 is 1.33 bits per heavy atom. The van der Waals surface area contributed by atoms with E-state index in [1.54, 1.807) is 18.2 Å². The van der Waals surface area contributed by atoms with Crippen molar-refractivity contribution >= 4 is 27.6 Å². The van der Waals surface area contributed by atoms with Gasteiger partial charge in [-0.25, -0.2) is 9.18 Å². The van der Waals surface area contributed by atoms with Gasteiger partial charge in [-0.1, -0.05) is 6.07 Å². The van der Waals surface area contributed by atoms with Crippen molar-refractivity contribution in [1.82, 2.24) is 0 Å². The number of rotatable bonds is 4.